The van der Waals surface area contributed by atoms with Crippen LogP contribution >= 0.6 is 11.6 Å². The molecule has 0 fully saturated rings. The second kappa shape index (κ2) is 8.28. The van der Waals surface area contributed by atoms with Crippen LogP contribution < -0.4 is 10.6 Å². The minimum Gasteiger partial charge on any atom is -0.355 e. The summed E-state index contributed by atoms with van der Waals surface area (Å²) >= 11 is 5.82. The van der Waals surface area contributed by atoms with Crippen LogP contribution in [0.1, 0.15) is 19.2 Å². The van der Waals surface area contributed by atoms with Crippen molar-refractivity contribution in [3.63, 3.8) is 0 Å². The number of hydrogen-bond acceptors (Lipinski definition) is 5. The van der Waals surface area contributed by atoms with Crippen LogP contribution in [0.4, 0.5) is 0 Å². The van der Waals surface area contributed by atoms with Crippen LogP contribution in [0.2, 0.25) is 5.02 Å². The molecule has 1 heterocycles. The topological polar surface area (TPSA) is 97.1 Å². The predicted octanol–water partition coefficient (Wildman–Crippen LogP) is 1.57. The summed E-state index contributed by atoms with van der Waals surface area (Å²) < 4.78 is 5.11. The molecule has 0 aliphatic heterocycles. The first-order valence-corrected chi connectivity index (χ1v) is 7.58. The SMILES string of the molecule is CCNC(=O)CNC(=O)CCc1nc(-c2ccc(Cl)cc2)no1. The van der Waals surface area contributed by atoms with E-state index in [0.29, 0.717) is 29.7 Å². The maximum Gasteiger partial charge on any atom is 0.239 e. The van der Waals surface area contributed by atoms with Gasteiger partial charge in [0.25, 0.3) is 0 Å². The highest BCUT2D eigenvalue weighted by Gasteiger charge is 2.11. The van der Waals surface area contributed by atoms with E-state index in [1.807, 2.05) is 6.92 Å². The number of nitrogens with one attached hydrogen (secondary N) is 2. The first kappa shape index (κ1) is 17.0. The average molecular weight is 337 g/mol. The molecule has 0 atom stereocenters. The van der Waals surface area contributed by atoms with Crippen LogP contribution in [0.25, 0.3) is 11.4 Å². The van der Waals surface area contributed by atoms with Gasteiger partial charge in [-0.25, -0.2) is 0 Å². The maximum absolute atomic E-state index is 11.6. The molecule has 2 amide bonds. The average Bonchev–Trinajstić information content (AvgIpc) is 3.01. The Morgan fingerprint density at radius 3 is 2.61 bits per heavy atom. The standard InChI is InChI=1S/C15H17ClN4O3/c1-2-17-13(22)9-18-12(21)7-8-14-19-15(20-23-14)10-3-5-11(16)6-4-10/h3-6H,2,7-9H2,1H3,(H,17,22)(H,18,21). The molecule has 0 spiro atoms. The highest BCUT2D eigenvalue weighted by molar-refractivity contribution is 6.30. The number of amides is 2. The lowest BCUT2D eigenvalue weighted by Crippen LogP contribution is -2.36. The number of halogens is 1. The van der Waals surface area contributed by atoms with E-state index < -0.39 is 0 Å². The van der Waals surface area contributed by atoms with Crippen LogP contribution in [0.3, 0.4) is 0 Å². The Morgan fingerprint density at radius 2 is 1.91 bits per heavy atom. The molecule has 8 heteroatoms. The third-order valence-corrected chi connectivity index (χ3v) is 3.21. The molecule has 0 unspecified atom stereocenters. The van der Waals surface area contributed by atoms with Gasteiger partial charge in [0.05, 0.1) is 6.54 Å². The normalized spacial score (nSPS) is 10.3. The zero-order valence-electron chi connectivity index (χ0n) is 12.6. The van der Waals surface area contributed by atoms with Crippen LogP contribution in [-0.4, -0.2) is 35.0 Å². The van der Waals surface area contributed by atoms with Gasteiger partial charge >= 0.3 is 0 Å². The minimum atomic E-state index is -0.248. The van der Waals surface area contributed by atoms with E-state index in [4.69, 9.17) is 16.1 Å². The lowest BCUT2D eigenvalue weighted by molar-refractivity contribution is -0.126. The molecule has 0 saturated heterocycles. The molecule has 0 radical (unpaired) electrons. The van der Waals surface area contributed by atoms with Crippen molar-refractivity contribution in [2.75, 3.05) is 13.1 Å². The number of benzene rings is 1. The second-order valence-corrected chi connectivity index (χ2v) is 5.19. The Kier molecular flexibility index (Phi) is 6.10. The van der Waals surface area contributed by atoms with Crippen LogP contribution in [-0.2, 0) is 16.0 Å². The molecule has 0 bridgehead atoms. The van der Waals surface area contributed by atoms with Crippen LogP contribution in [0.5, 0.6) is 0 Å². The summed E-state index contributed by atoms with van der Waals surface area (Å²) in [5.74, 6) is 0.341. The number of likely N-dealkylation sites (N-methyl/N-ethyl adjacent to an activating group) is 1. The summed E-state index contributed by atoms with van der Waals surface area (Å²) in [7, 11) is 0. The zero-order valence-corrected chi connectivity index (χ0v) is 13.4. The van der Waals surface area contributed by atoms with Crippen molar-refractivity contribution >= 4 is 23.4 Å². The molecule has 2 aromatic rings. The van der Waals surface area contributed by atoms with Gasteiger partial charge in [-0.2, -0.15) is 4.98 Å². The third-order valence-electron chi connectivity index (χ3n) is 2.96. The first-order valence-electron chi connectivity index (χ1n) is 7.20. The van der Waals surface area contributed by atoms with Crippen LogP contribution in [0, 0.1) is 0 Å². The van der Waals surface area contributed by atoms with Crippen molar-refractivity contribution in [3.05, 3.63) is 35.2 Å². The van der Waals surface area contributed by atoms with Crippen molar-refractivity contribution in [3.8, 4) is 11.4 Å². The molecule has 23 heavy (non-hydrogen) atoms. The number of hydrogen-bond donors (Lipinski definition) is 2. The third kappa shape index (κ3) is 5.37. The van der Waals surface area contributed by atoms with Gasteiger partial charge in [0.2, 0.25) is 23.5 Å². The largest absolute Gasteiger partial charge is 0.355 e. The molecule has 1 aromatic carbocycles. The van der Waals surface area contributed by atoms with E-state index in [2.05, 4.69) is 20.8 Å². The zero-order chi connectivity index (χ0) is 16.7. The van der Waals surface area contributed by atoms with Gasteiger partial charge in [-0.1, -0.05) is 16.8 Å². The van der Waals surface area contributed by atoms with E-state index in [9.17, 15) is 9.59 Å². The quantitative estimate of drug-likeness (QED) is 0.800. The Labute approximate surface area is 138 Å². The molecule has 2 rings (SSSR count). The lowest BCUT2D eigenvalue weighted by Gasteiger charge is -2.03. The van der Waals surface area contributed by atoms with Gasteiger partial charge in [0, 0.05) is 30.0 Å². The number of nitrogens with zero attached hydrogens (tertiary/aromatic N) is 2. The predicted molar refractivity (Wildman–Crippen MR) is 84.8 cm³/mol. The molecule has 0 saturated carbocycles. The number of rotatable bonds is 7. The summed E-state index contributed by atoms with van der Waals surface area (Å²) in [6, 6.07) is 7.05. The van der Waals surface area contributed by atoms with Crippen molar-refractivity contribution in [1.29, 1.82) is 0 Å². The maximum atomic E-state index is 11.6. The van der Waals surface area contributed by atoms with Crippen molar-refractivity contribution < 1.29 is 14.1 Å². The smallest absolute Gasteiger partial charge is 0.239 e. The lowest BCUT2D eigenvalue weighted by atomic mass is 10.2. The van der Waals surface area contributed by atoms with Gasteiger partial charge in [-0.05, 0) is 31.2 Å². The fraction of sp³-hybridized carbons (Fsp3) is 0.333. The Hall–Kier alpha value is -2.41. The van der Waals surface area contributed by atoms with E-state index in [1.54, 1.807) is 24.3 Å². The second-order valence-electron chi connectivity index (χ2n) is 4.75. The molecular formula is C15H17ClN4O3. The summed E-state index contributed by atoms with van der Waals surface area (Å²) in [5.41, 5.74) is 0.782. The molecule has 122 valence electrons. The molecule has 7 nitrogen and oxygen atoms in total. The van der Waals surface area contributed by atoms with E-state index in [-0.39, 0.29) is 24.8 Å². The minimum absolute atomic E-state index is 0.0352. The van der Waals surface area contributed by atoms with Crippen molar-refractivity contribution in [2.45, 2.75) is 19.8 Å². The summed E-state index contributed by atoms with van der Waals surface area (Å²) in [4.78, 5) is 27.1. The van der Waals surface area contributed by atoms with E-state index >= 15 is 0 Å². The van der Waals surface area contributed by atoms with E-state index in [1.165, 1.54) is 0 Å². The summed E-state index contributed by atoms with van der Waals surface area (Å²) in [6.07, 6.45) is 0.476. The van der Waals surface area contributed by atoms with E-state index in [0.717, 1.165) is 5.56 Å². The van der Waals surface area contributed by atoms with Crippen LogP contribution in [0.15, 0.2) is 28.8 Å². The van der Waals surface area contributed by atoms with Gasteiger partial charge in [0.1, 0.15) is 0 Å². The Bertz CT molecular complexity index is 670. The molecule has 0 aliphatic carbocycles. The number of carbonyl (C=O) groups is 2. The number of carbonyl (C=O) groups excluding carboxylic acids is 2. The molecule has 1 aromatic heterocycles. The first-order chi connectivity index (χ1) is 11.1. The number of aryl methyl sites for hydroxylation is 1. The highest BCUT2D eigenvalue weighted by Crippen LogP contribution is 2.18. The fourth-order valence-electron chi connectivity index (χ4n) is 1.82. The van der Waals surface area contributed by atoms with Gasteiger partial charge < -0.3 is 15.2 Å². The van der Waals surface area contributed by atoms with Gasteiger partial charge in [0.15, 0.2) is 0 Å². The van der Waals surface area contributed by atoms with Gasteiger partial charge in [-0.15, -0.1) is 0 Å². The Morgan fingerprint density at radius 1 is 1.17 bits per heavy atom. The van der Waals surface area contributed by atoms with Gasteiger partial charge in [-0.3, -0.25) is 9.59 Å². The summed E-state index contributed by atoms with van der Waals surface area (Å²) in [5, 5.41) is 9.62. The molecule has 0 aliphatic rings. The summed E-state index contributed by atoms with van der Waals surface area (Å²) in [6.45, 7) is 2.31. The Balaban J connectivity index is 1.81. The molecular weight excluding hydrogens is 320 g/mol. The number of aromatic nitrogens is 2. The highest BCUT2D eigenvalue weighted by atomic mass is 35.5. The van der Waals surface area contributed by atoms with Crippen molar-refractivity contribution in [2.24, 2.45) is 0 Å². The monoisotopic (exact) mass is 336 g/mol. The molecule has 2 N–H and O–H groups in total. The fourth-order valence-corrected chi connectivity index (χ4v) is 1.95. The van der Waals surface area contributed by atoms with Crippen molar-refractivity contribution in [1.82, 2.24) is 20.8 Å².